The van der Waals surface area contributed by atoms with Gasteiger partial charge >= 0.3 is 5.97 Å². The van der Waals surface area contributed by atoms with Gasteiger partial charge in [0.1, 0.15) is 5.54 Å². The normalized spacial score (nSPS) is 29.7. The number of nitrogens with one attached hydrogen (secondary N) is 1. The highest BCUT2D eigenvalue weighted by Gasteiger charge is 2.45. The lowest BCUT2D eigenvalue weighted by Gasteiger charge is -2.25. The number of carbonyl (C=O) groups excluding carboxylic acids is 1. The number of thioether (sulfide) groups is 1. The molecule has 0 spiro atoms. The molecular formula is C12H23NO2S. The summed E-state index contributed by atoms with van der Waals surface area (Å²) in [7, 11) is 3.32. The summed E-state index contributed by atoms with van der Waals surface area (Å²) in [5.41, 5.74) is -0.427. The molecule has 0 aromatic rings. The molecule has 16 heavy (non-hydrogen) atoms. The van der Waals surface area contributed by atoms with E-state index in [1.165, 1.54) is 12.9 Å². The van der Waals surface area contributed by atoms with Crippen LogP contribution in [-0.2, 0) is 9.53 Å². The van der Waals surface area contributed by atoms with Crippen LogP contribution in [0.15, 0.2) is 0 Å². The molecule has 0 aromatic carbocycles. The molecule has 1 rings (SSSR count). The number of ether oxygens (including phenoxy) is 1. The molecule has 0 bridgehead atoms. The number of methoxy groups -OCH3 is 1. The number of carbonyl (C=O) groups is 1. The molecular weight excluding hydrogens is 222 g/mol. The largest absolute Gasteiger partial charge is 0.468 e. The summed E-state index contributed by atoms with van der Waals surface area (Å²) < 4.78 is 4.89. The van der Waals surface area contributed by atoms with Crippen LogP contribution in [0.1, 0.15) is 33.1 Å². The predicted molar refractivity (Wildman–Crippen MR) is 68.7 cm³/mol. The van der Waals surface area contributed by atoms with Crippen LogP contribution in [0.4, 0.5) is 0 Å². The SMILES string of the molecule is CNC1(C(=O)OC)CCC(SCC(C)C)C1. The van der Waals surface area contributed by atoms with Crippen molar-refractivity contribution in [2.45, 2.75) is 43.9 Å². The van der Waals surface area contributed by atoms with Gasteiger partial charge < -0.3 is 10.1 Å². The first kappa shape index (κ1) is 13.8. The highest BCUT2D eigenvalue weighted by atomic mass is 32.2. The number of rotatable bonds is 5. The molecule has 94 valence electrons. The molecule has 1 aliphatic rings. The average Bonchev–Trinajstić information content (AvgIpc) is 2.70. The minimum absolute atomic E-state index is 0.109. The van der Waals surface area contributed by atoms with Gasteiger partial charge in [-0.3, -0.25) is 4.79 Å². The van der Waals surface area contributed by atoms with E-state index < -0.39 is 5.54 Å². The molecule has 4 heteroatoms. The maximum absolute atomic E-state index is 11.8. The van der Waals surface area contributed by atoms with Crippen molar-refractivity contribution in [1.82, 2.24) is 5.32 Å². The molecule has 2 atom stereocenters. The van der Waals surface area contributed by atoms with Crippen molar-refractivity contribution in [3.05, 3.63) is 0 Å². The molecule has 0 amide bonds. The van der Waals surface area contributed by atoms with Crippen molar-refractivity contribution in [1.29, 1.82) is 0 Å². The summed E-state index contributed by atoms with van der Waals surface area (Å²) in [6.45, 7) is 4.46. The van der Waals surface area contributed by atoms with Crippen molar-refractivity contribution in [2.75, 3.05) is 19.9 Å². The third-order valence-corrected chi connectivity index (χ3v) is 4.92. The van der Waals surface area contributed by atoms with Gasteiger partial charge in [0, 0.05) is 5.25 Å². The fourth-order valence-electron chi connectivity index (χ4n) is 2.18. The maximum Gasteiger partial charge on any atom is 0.326 e. The first-order valence-corrected chi connectivity index (χ1v) is 6.98. The zero-order chi connectivity index (χ0) is 12.2. The number of likely N-dealkylation sites (N-methyl/N-ethyl adjacent to an activating group) is 1. The predicted octanol–water partition coefficient (Wildman–Crippen LogP) is 2.06. The molecule has 1 fully saturated rings. The van der Waals surface area contributed by atoms with Gasteiger partial charge in [0.2, 0.25) is 0 Å². The van der Waals surface area contributed by atoms with E-state index in [1.54, 1.807) is 0 Å². The molecule has 1 saturated carbocycles. The summed E-state index contributed by atoms with van der Waals surface area (Å²) >= 11 is 1.99. The number of hydrogen-bond acceptors (Lipinski definition) is 4. The van der Waals surface area contributed by atoms with Gasteiger partial charge in [-0.05, 0) is 38.0 Å². The molecule has 0 aliphatic heterocycles. The summed E-state index contributed by atoms with van der Waals surface area (Å²) in [6, 6.07) is 0. The van der Waals surface area contributed by atoms with Gasteiger partial charge in [-0.2, -0.15) is 11.8 Å². The first-order valence-electron chi connectivity index (χ1n) is 5.93. The van der Waals surface area contributed by atoms with Crippen LogP contribution in [0, 0.1) is 5.92 Å². The van der Waals surface area contributed by atoms with Gasteiger partial charge in [0.15, 0.2) is 0 Å². The van der Waals surface area contributed by atoms with E-state index in [1.807, 2.05) is 18.8 Å². The molecule has 2 unspecified atom stereocenters. The standard InChI is InChI=1S/C12H23NO2S/c1-9(2)8-16-10-5-6-12(7-10,13-3)11(14)15-4/h9-10,13H,5-8H2,1-4H3. The smallest absolute Gasteiger partial charge is 0.326 e. The van der Waals surface area contributed by atoms with Crippen LogP contribution in [0.5, 0.6) is 0 Å². The highest BCUT2D eigenvalue weighted by molar-refractivity contribution is 7.99. The minimum atomic E-state index is -0.427. The lowest BCUT2D eigenvalue weighted by Crippen LogP contribution is -2.49. The van der Waals surface area contributed by atoms with E-state index in [4.69, 9.17) is 4.74 Å². The van der Waals surface area contributed by atoms with Crippen LogP contribution < -0.4 is 5.32 Å². The van der Waals surface area contributed by atoms with E-state index in [2.05, 4.69) is 19.2 Å². The van der Waals surface area contributed by atoms with Gasteiger partial charge in [0.05, 0.1) is 7.11 Å². The molecule has 0 aromatic heterocycles. The first-order chi connectivity index (χ1) is 7.54. The Morgan fingerprint density at radius 3 is 2.81 bits per heavy atom. The van der Waals surface area contributed by atoms with E-state index in [0.717, 1.165) is 19.3 Å². The lowest BCUT2D eigenvalue weighted by atomic mass is 9.98. The fourth-order valence-corrected chi connectivity index (χ4v) is 3.52. The quantitative estimate of drug-likeness (QED) is 0.753. The zero-order valence-electron chi connectivity index (χ0n) is 10.7. The van der Waals surface area contributed by atoms with Crippen LogP contribution in [0.3, 0.4) is 0 Å². The summed E-state index contributed by atoms with van der Waals surface area (Å²) in [5, 5.41) is 3.75. The fraction of sp³-hybridized carbons (Fsp3) is 0.917. The van der Waals surface area contributed by atoms with Crippen LogP contribution in [-0.4, -0.2) is 36.7 Å². The molecule has 1 N–H and O–H groups in total. The Labute approximate surface area is 103 Å². The van der Waals surface area contributed by atoms with E-state index in [0.29, 0.717) is 11.2 Å². The second-order valence-electron chi connectivity index (χ2n) is 4.92. The van der Waals surface area contributed by atoms with Gasteiger partial charge in [-0.25, -0.2) is 0 Å². The summed E-state index contributed by atoms with van der Waals surface area (Å²) in [4.78, 5) is 11.8. The topological polar surface area (TPSA) is 38.3 Å². The van der Waals surface area contributed by atoms with Gasteiger partial charge in [-0.15, -0.1) is 0 Å². The van der Waals surface area contributed by atoms with E-state index >= 15 is 0 Å². The Bertz CT molecular complexity index is 245. The molecule has 0 radical (unpaired) electrons. The van der Waals surface area contributed by atoms with Crippen molar-refractivity contribution in [3.8, 4) is 0 Å². The molecule has 1 aliphatic carbocycles. The van der Waals surface area contributed by atoms with Crippen LogP contribution in [0.2, 0.25) is 0 Å². The summed E-state index contributed by atoms with van der Waals surface area (Å²) in [6.07, 6.45) is 2.90. The number of hydrogen-bond donors (Lipinski definition) is 1. The van der Waals surface area contributed by atoms with Crippen LogP contribution in [0.25, 0.3) is 0 Å². The third-order valence-electron chi connectivity index (χ3n) is 3.19. The van der Waals surface area contributed by atoms with Crippen molar-refractivity contribution >= 4 is 17.7 Å². The Morgan fingerprint density at radius 1 is 1.62 bits per heavy atom. The summed E-state index contributed by atoms with van der Waals surface area (Å²) in [5.74, 6) is 1.78. The number of esters is 1. The van der Waals surface area contributed by atoms with E-state index in [9.17, 15) is 4.79 Å². The Balaban J connectivity index is 2.51. The van der Waals surface area contributed by atoms with Crippen molar-refractivity contribution in [2.24, 2.45) is 5.92 Å². The van der Waals surface area contributed by atoms with Crippen molar-refractivity contribution < 1.29 is 9.53 Å². The second kappa shape index (κ2) is 5.92. The Hall–Kier alpha value is -0.220. The molecule has 0 heterocycles. The highest BCUT2D eigenvalue weighted by Crippen LogP contribution is 2.38. The lowest BCUT2D eigenvalue weighted by molar-refractivity contribution is -0.148. The Morgan fingerprint density at radius 2 is 2.31 bits per heavy atom. The zero-order valence-corrected chi connectivity index (χ0v) is 11.5. The van der Waals surface area contributed by atoms with Gasteiger partial charge in [0.25, 0.3) is 0 Å². The Kier molecular flexibility index (Phi) is 5.12. The average molecular weight is 245 g/mol. The van der Waals surface area contributed by atoms with Gasteiger partial charge in [-0.1, -0.05) is 13.8 Å². The molecule has 3 nitrogen and oxygen atoms in total. The molecule has 0 saturated heterocycles. The maximum atomic E-state index is 11.8. The van der Waals surface area contributed by atoms with Crippen molar-refractivity contribution in [3.63, 3.8) is 0 Å². The third kappa shape index (κ3) is 3.14. The minimum Gasteiger partial charge on any atom is -0.468 e. The van der Waals surface area contributed by atoms with E-state index in [-0.39, 0.29) is 5.97 Å². The monoisotopic (exact) mass is 245 g/mol. The van der Waals surface area contributed by atoms with Crippen LogP contribution >= 0.6 is 11.8 Å². The second-order valence-corrected chi connectivity index (χ2v) is 6.25.